The van der Waals surface area contributed by atoms with Crippen LogP contribution >= 0.6 is 0 Å². The first-order chi connectivity index (χ1) is 8.22. The van der Waals surface area contributed by atoms with Crippen molar-refractivity contribution >= 4 is 5.69 Å². The lowest BCUT2D eigenvalue weighted by Crippen LogP contribution is -2.26. The lowest BCUT2D eigenvalue weighted by molar-refractivity contribution is -0.385. The number of methoxy groups -OCH3 is 1. The van der Waals surface area contributed by atoms with Gasteiger partial charge in [-0.2, -0.15) is 0 Å². The van der Waals surface area contributed by atoms with Crippen molar-refractivity contribution < 1.29 is 9.66 Å². The molecule has 92 valence electrons. The second-order valence-electron chi connectivity index (χ2n) is 4.19. The summed E-state index contributed by atoms with van der Waals surface area (Å²) in [4.78, 5) is 10.5. The molecular formula is C12H16N2O3. The van der Waals surface area contributed by atoms with E-state index in [1.807, 2.05) is 6.07 Å². The maximum Gasteiger partial charge on any atom is 0.311 e. The van der Waals surface area contributed by atoms with Crippen molar-refractivity contribution in [2.45, 2.75) is 25.3 Å². The minimum absolute atomic E-state index is 0.0392. The van der Waals surface area contributed by atoms with E-state index in [4.69, 9.17) is 4.74 Å². The van der Waals surface area contributed by atoms with Crippen LogP contribution < -0.4 is 10.1 Å². The zero-order valence-corrected chi connectivity index (χ0v) is 9.81. The van der Waals surface area contributed by atoms with Crippen molar-refractivity contribution in [3.05, 3.63) is 33.9 Å². The maximum atomic E-state index is 10.9. The van der Waals surface area contributed by atoms with Crippen LogP contribution in [0.3, 0.4) is 0 Å². The topological polar surface area (TPSA) is 64.4 Å². The molecule has 1 heterocycles. The summed E-state index contributed by atoms with van der Waals surface area (Å²) >= 11 is 0. The number of hydrogen-bond acceptors (Lipinski definition) is 4. The zero-order chi connectivity index (χ0) is 12.3. The summed E-state index contributed by atoms with van der Waals surface area (Å²) in [5.74, 6) is 0.314. The van der Waals surface area contributed by atoms with Gasteiger partial charge in [-0.15, -0.1) is 0 Å². The Labute approximate surface area is 99.9 Å². The van der Waals surface area contributed by atoms with E-state index < -0.39 is 4.92 Å². The average Bonchev–Trinajstić information content (AvgIpc) is 2.39. The Morgan fingerprint density at radius 2 is 2.29 bits per heavy atom. The molecule has 0 amide bonds. The molecule has 0 spiro atoms. The molecule has 0 bridgehead atoms. The van der Waals surface area contributed by atoms with Gasteiger partial charge in [0.1, 0.15) is 0 Å². The van der Waals surface area contributed by atoms with E-state index in [9.17, 15) is 10.1 Å². The first-order valence-corrected chi connectivity index (χ1v) is 5.78. The van der Waals surface area contributed by atoms with Crippen LogP contribution in [0.2, 0.25) is 0 Å². The highest BCUT2D eigenvalue weighted by Gasteiger charge is 2.20. The van der Waals surface area contributed by atoms with Crippen LogP contribution in [0.25, 0.3) is 0 Å². The summed E-state index contributed by atoms with van der Waals surface area (Å²) in [6.07, 6.45) is 3.37. The number of benzene rings is 1. The third kappa shape index (κ3) is 2.55. The normalized spacial score (nSPS) is 19.9. The number of hydrogen-bond donors (Lipinski definition) is 1. The smallest absolute Gasteiger partial charge is 0.311 e. The minimum atomic E-state index is -0.398. The predicted octanol–water partition coefficient (Wildman–Crippen LogP) is 2.42. The Balaban J connectivity index is 2.29. The Morgan fingerprint density at radius 3 is 2.88 bits per heavy atom. The van der Waals surface area contributed by atoms with Crippen molar-refractivity contribution in [2.24, 2.45) is 0 Å². The largest absolute Gasteiger partial charge is 0.490 e. The van der Waals surface area contributed by atoms with Gasteiger partial charge >= 0.3 is 5.69 Å². The fraction of sp³-hybridized carbons (Fsp3) is 0.500. The molecular weight excluding hydrogens is 220 g/mol. The molecule has 0 unspecified atom stereocenters. The molecule has 1 N–H and O–H groups in total. The monoisotopic (exact) mass is 236 g/mol. The van der Waals surface area contributed by atoms with Gasteiger partial charge in [0.15, 0.2) is 5.75 Å². The molecule has 1 saturated heterocycles. The predicted molar refractivity (Wildman–Crippen MR) is 64.2 cm³/mol. The lowest BCUT2D eigenvalue weighted by atomic mass is 9.97. The Bertz CT molecular complexity index is 414. The van der Waals surface area contributed by atoms with Crippen molar-refractivity contribution in [1.29, 1.82) is 0 Å². The number of rotatable bonds is 3. The molecule has 1 aliphatic heterocycles. The standard InChI is InChI=1S/C12H16N2O3/c1-17-12-6-5-9(8-11(12)14(15)16)10-4-2-3-7-13-10/h5-6,8,10,13H,2-4,7H2,1H3/t10-/m1/s1. The number of ether oxygens (including phenoxy) is 1. The third-order valence-corrected chi connectivity index (χ3v) is 3.11. The highest BCUT2D eigenvalue weighted by molar-refractivity contribution is 5.49. The molecule has 1 fully saturated rings. The van der Waals surface area contributed by atoms with Crippen molar-refractivity contribution in [1.82, 2.24) is 5.32 Å². The van der Waals surface area contributed by atoms with E-state index in [0.717, 1.165) is 24.9 Å². The molecule has 2 rings (SSSR count). The zero-order valence-electron chi connectivity index (χ0n) is 9.81. The molecule has 5 heteroatoms. The first kappa shape index (κ1) is 11.9. The average molecular weight is 236 g/mol. The molecule has 1 aromatic carbocycles. The summed E-state index contributed by atoms with van der Waals surface area (Å²) in [5, 5.41) is 14.3. The number of piperidine rings is 1. The van der Waals surface area contributed by atoms with Gasteiger partial charge in [-0.05, 0) is 31.0 Å². The minimum Gasteiger partial charge on any atom is -0.490 e. The third-order valence-electron chi connectivity index (χ3n) is 3.11. The molecule has 1 aliphatic rings. The summed E-state index contributed by atoms with van der Waals surface area (Å²) < 4.78 is 4.99. The van der Waals surface area contributed by atoms with Gasteiger partial charge in [-0.25, -0.2) is 0 Å². The highest BCUT2D eigenvalue weighted by Crippen LogP contribution is 2.32. The van der Waals surface area contributed by atoms with Crippen molar-refractivity contribution in [3.8, 4) is 5.75 Å². The number of nitrogens with one attached hydrogen (secondary N) is 1. The van der Waals surface area contributed by atoms with Crippen molar-refractivity contribution in [2.75, 3.05) is 13.7 Å². The number of nitro benzene ring substituents is 1. The second kappa shape index (κ2) is 5.14. The summed E-state index contributed by atoms with van der Waals surface area (Å²) in [5.41, 5.74) is 1.01. The van der Waals surface area contributed by atoms with Crippen LogP contribution in [-0.4, -0.2) is 18.6 Å². The Morgan fingerprint density at radius 1 is 1.47 bits per heavy atom. The second-order valence-corrected chi connectivity index (χ2v) is 4.19. The SMILES string of the molecule is COc1ccc([C@H]2CCCCN2)cc1[N+](=O)[O-]. The van der Waals surface area contributed by atoms with E-state index in [2.05, 4.69) is 5.32 Å². The van der Waals surface area contributed by atoms with Crippen LogP contribution in [-0.2, 0) is 0 Å². The van der Waals surface area contributed by atoms with Gasteiger partial charge < -0.3 is 10.1 Å². The molecule has 0 aliphatic carbocycles. The fourth-order valence-corrected chi connectivity index (χ4v) is 2.20. The van der Waals surface area contributed by atoms with Gasteiger partial charge in [-0.1, -0.05) is 12.5 Å². The summed E-state index contributed by atoms with van der Waals surface area (Å²) in [7, 11) is 1.45. The highest BCUT2D eigenvalue weighted by atomic mass is 16.6. The van der Waals surface area contributed by atoms with Crippen LogP contribution in [0.15, 0.2) is 18.2 Å². The van der Waals surface area contributed by atoms with E-state index in [-0.39, 0.29) is 11.7 Å². The molecule has 0 radical (unpaired) electrons. The van der Waals surface area contributed by atoms with E-state index >= 15 is 0 Å². The van der Waals surface area contributed by atoms with Crippen molar-refractivity contribution in [3.63, 3.8) is 0 Å². The van der Waals surface area contributed by atoms with Crippen LogP contribution in [0.1, 0.15) is 30.9 Å². The van der Waals surface area contributed by atoms with Crippen LogP contribution in [0, 0.1) is 10.1 Å². The van der Waals surface area contributed by atoms with E-state index in [0.29, 0.717) is 5.75 Å². The molecule has 0 saturated carbocycles. The fourth-order valence-electron chi connectivity index (χ4n) is 2.20. The van der Waals surface area contributed by atoms with Gasteiger partial charge in [0.2, 0.25) is 0 Å². The molecule has 5 nitrogen and oxygen atoms in total. The van der Waals surface area contributed by atoms with Crippen LogP contribution in [0.5, 0.6) is 5.75 Å². The van der Waals surface area contributed by atoms with Gasteiger partial charge in [-0.3, -0.25) is 10.1 Å². The van der Waals surface area contributed by atoms with Gasteiger partial charge in [0, 0.05) is 12.1 Å². The van der Waals surface area contributed by atoms with Crippen LogP contribution in [0.4, 0.5) is 5.69 Å². The number of nitro groups is 1. The summed E-state index contributed by atoms with van der Waals surface area (Å²) in [6, 6.07) is 5.41. The molecule has 1 aromatic rings. The summed E-state index contributed by atoms with van der Waals surface area (Å²) in [6.45, 7) is 0.977. The van der Waals surface area contributed by atoms with E-state index in [1.165, 1.54) is 13.5 Å². The van der Waals surface area contributed by atoms with E-state index in [1.54, 1.807) is 12.1 Å². The lowest BCUT2D eigenvalue weighted by Gasteiger charge is -2.23. The molecule has 17 heavy (non-hydrogen) atoms. The number of nitrogens with zero attached hydrogens (tertiary/aromatic N) is 1. The molecule has 0 aromatic heterocycles. The van der Waals surface area contributed by atoms with Gasteiger partial charge in [0.05, 0.1) is 12.0 Å². The molecule has 1 atom stereocenters. The quantitative estimate of drug-likeness (QED) is 0.646. The Kier molecular flexibility index (Phi) is 3.58. The van der Waals surface area contributed by atoms with Gasteiger partial charge in [0.25, 0.3) is 0 Å². The maximum absolute atomic E-state index is 10.9. The first-order valence-electron chi connectivity index (χ1n) is 5.78. The Hall–Kier alpha value is -1.62.